The molecule has 0 bridgehead atoms. The van der Waals surface area contributed by atoms with Crippen molar-refractivity contribution in [2.45, 2.75) is 76.8 Å². The summed E-state index contributed by atoms with van der Waals surface area (Å²) in [6.07, 6.45) is 0. The van der Waals surface area contributed by atoms with Crippen molar-refractivity contribution in [1.82, 2.24) is 4.98 Å². The average molecular weight is 731 g/mol. The number of aromatic nitrogens is 1. The zero-order valence-electron chi connectivity index (χ0n) is 29.4. The van der Waals surface area contributed by atoms with Gasteiger partial charge >= 0.3 is 15.6 Å². The summed E-state index contributed by atoms with van der Waals surface area (Å²) in [6, 6.07) is 18.4. The number of alkyl halides is 3. The number of benzene rings is 3. The molecule has 268 valence electrons. The van der Waals surface area contributed by atoms with E-state index in [9.17, 15) is 21.6 Å². The molecule has 0 N–H and O–H groups in total. The lowest BCUT2D eigenvalue weighted by molar-refractivity contribution is -0.0500. The van der Waals surface area contributed by atoms with Gasteiger partial charge in [0.15, 0.2) is 0 Å². The van der Waals surface area contributed by atoms with Gasteiger partial charge in [-0.15, -0.1) is 5.54 Å². The molecule has 0 atom stereocenters. The highest BCUT2D eigenvalue weighted by Crippen LogP contribution is 2.42. The summed E-state index contributed by atoms with van der Waals surface area (Å²) >= 11 is 0. The number of ether oxygens (including phenoxy) is 2. The summed E-state index contributed by atoms with van der Waals surface area (Å²) in [7, 11) is -5.58. The fraction of sp³-hybridized carbons (Fsp3) is 0.378. The van der Waals surface area contributed by atoms with Crippen LogP contribution in [0.15, 0.2) is 66.7 Å². The maximum Gasteiger partial charge on any atom is 0.534 e. The number of rotatable bonds is 12. The smallest absolute Gasteiger partial charge is 0.497 e. The van der Waals surface area contributed by atoms with Crippen molar-refractivity contribution in [2.24, 2.45) is 0 Å². The molecule has 13 heteroatoms. The van der Waals surface area contributed by atoms with Crippen LogP contribution in [-0.4, -0.2) is 41.2 Å². The quantitative estimate of drug-likeness (QED) is 0.0473. The van der Waals surface area contributed by atoms with Gasteiger partial charge in [0.2, 0.25) is 5.88 Å². The minimum Gasteiger partial charge on any atom is -0.497 e. The molecule has 0 aliphatic heterocycles. The lowest BCUT2D eigenvalue weighted by Crippen LogP contribution is -2.43. The van der Waals surface area contributed by atoms with Crippen LogP contribution in [0.1, 0.15) is 58.2 Å². The van der Waals surface area contributed by atoms with Crippen molar-refractivity contribution in [1.29, 1.82) is 0 Å². The van der Waals surface area contributed by atoms with E-state index in [4.69, 9.17) is 13.7 Å². The highest BCUT2D eigenvalue weighted by Gasteiger charge is 2.49. The monoisotopic (exact) mass is 730 g/mol. The standard InChI is InChI=1S/C37H42F4N2O5SSi/c1-24(2)50(25(3)4,26(5)6)20-19-32-33(38)18-13-29-21-34(42-36(35(29)32)48-49(44,45)37(39,40)41)43(22-27-9-14-30(46-7)15-10-27)23-28-11-16-31(47-8)17-12-28/h9-18,21,24-26H,22-23H2,1-8H3. The molecule has 0 saturated carbocycles. The van der Waals surface area contributed by atoms with Crippen LogP contribution >= 0.6 is 0 Å². The Bertz CT molecular complexity index is 1900. The summed E-state index contributed by atoms with van der Waals surface area (Å²) in [5.74, 6) is 2.56. The molecular formula is C37H42F4N2O5SSi. The second-order valence-corrected chi connectivity index (χ2v) is 20.1. The Morgan fingerprint density at radius 2 is 1.28 bits per heavy atom. The number of fused-ring (bicyclic) bond motifs is 1. The zero-order chi connectivity index (χ0) is 37.0. The first kappa shape index (κ1) is 38.5. The summed E-state index contributed by atoms with van der Waals surface area (Å²) in [6.45, 7) is 12.8. The minimum atomic E-state index is -6.20. The van der Waals surface area contributed by atoms with Crippen molar-refractivity contribution >= 4 is 34.8 Å². The van der Waals surface area contributed by atoms with Gasteiger partial charge in [0.1, 0.15) is 31.2 Å². The highest BCUT2D eigenvalue weighted by molar-refractivity contribution is 7.88. The van der Waals surface area contributed by atoms with Crippen LogP contribution in [0, 0.1) is 17.3 Å². The predicted molar refractivity (Wildman–Crippen MR) is 191 cm³/mol. The van der Waals surface area contributed by atoms with Crippen molar-refractivity contribution in [3.05, 3.63) is 89.2 Å². The van der Waals surface area contributed by atoms with Crippen molar-refractivity contribution in [3.8, 4) is 28.8 Å². The van der Waals surface area contributed by atoms with Gasteiger partial charge in [-0.05, 0) is 69.5 Å². The van der Waals surface area contributed by atoms with Gasteiger partial charge in [0, 0.05) is 13.1 Å². The van der Waals surface area contributed by atoms with Crippen molar-refractivity contribution < 1.29 is 39.6 Å². The molecule has 0 amide bonds. The van der Waals surface area contributed by atoms with Crippen LogP contribution < -0.4 is 18.6 Å². The number of pyridine rings is 1. The van der Waals surface area contributed by atoms with Gasteiger partial charge in [-0.3, -0.25) is 0 Å². The summed E-state index contributed by atoms with van der Waals surface area (Å²) in [5, 5.41) is -0.0597. The van der Waals surface area contributed by atoms with Gasteiger partial charge < -0.3 is 18.6 Å². The first-order chi connectivity index (χ1) is 23.4. The molecule has 50 heavy (non-hydrogen) atoms. The SMILES string of the molecule is COc1ccc(CN(Cc2ccc(OC)cc2)c2cc3ccc(F)c(C#C[Si](C(C)C)(C(C)C)C(C)C)c3c(OS(=O)(=O)C(F)(F)F)n2)cc1. The Hall–Kier alpha value is -4.28. The number of hydrogen-bond acceptors (Lipinski definition) is 7. The van der Waals surface area contributed by atoms with E-state index in [1.165, 1.54) is 12.1 Å². The second kappa shape index (κ2) is 15.3. The van der Waals surface area contributed by atoms with Crippen LogP contribution in [0.3, 0.4) is 0 Å². The molecular weight excluding hydrogens is 689 g/mol. The highest BCUT2D eigenvalue weighted by atomic mass is 32.2. The molecule has 0 aliphatic rings. The molecule has 0 saturated heterocycles. The number of anilines is 1. The third-order valence-electron chi connectivity index (χ3n) is 9.03. The van der Waals surface area contributed by atoms with E-state index in [1.807, 2.05) is 24.3 Å². The van der Waals surface area contributed by atoms with Gasteiger partial charge in [-0.25, -0.2) is 4.39 Å². The zero-order valence-corrected chi connectivity index (χ0v) is 31.2. The van der Waals surface area contributed by atoms with Crippen LogP contribution in [0.4, 0.5) is 23.4 Å². The Kier molecular flexibility index (Phi) is 11.8. The Balaban J connectivity index is 2.00. The molecule has 1 heterocycles. The Morgan fingerprint density at radius 1 is 0.800 bits per heavy atom. The summed E-state index contributed by atoms with van der Waals surface area (Å²) in [5.41, 5.74) is -0.544. The fourth-order valence-corrected chi connectivity index (χ4v) is 12.1. The lowest BCUT2D eigenvalue weighted by atomic mass is 10.1. The second-order valence-electron chi connectivity index (χ2n) is 13.0. The maximum absolute atomic E-state index is 15.7. The molecule has 0 radical (unpaired) electrons. The molecule has 4 rings (SSSR count). The molecule has 4 aromatic rings. The summed E-state index contributed by atoms with van der Waals surface area (Å²) in [4.78, 5) is 6.11. The van der Waals surface area contributed by atoms with Gasteiger partial charge in [0.25, 0.3) is 0 Å². The molecule has 7 nitrogen and oxygen atoms in total. The van der Waals surface area contributed by atoms with Crippen LogP contribution in [0.5, 0.6) is 17.4 Å². The lowest BCUT2D eigenvalue weighted by Gasteiger charge is -2.38. The topological polar surface area (TPSA) is 78.0 Å². The number of methoxy groups -OCH3 is 2. The van der Waals surface area contributed by atoms with Gasteiger partial charge in [-0.1, -0.05) is 77.8 Å². The van der Waals surface area contributed by atoms with Crippen LogP contribution in [-0.2, 0) is 23.2 Å². The first-order valence-corrected chi connectivity index (χ1v) is 19.8. The molecule has 0 fully saturated rings. The normalized spacial score (nSPS) is 12.3. The number of hydrogen-bond donors (Lipinski definition) is 0. The third kappa shape index (κ3) is 8.19. The van der Waals surface area contributed by atoms with E-state index in [1.54, 1.807) is 49.5 Å². The molecule has 0 spiro atoms. The first-order valence-electron chi connectivity index (χ1n) is 16.1. The van der Waals surface area contributed by atoms with E-state index in [2.05, 4.69) is 58.0 Å². The van der Waals surface area contributed by atoms with E-state index in [0.29, 0.717) is 11.5 Å². The number of nitrogens with zero attached hydrogens (tertiary/aromatic N) is 2. The van der Waals surface area contributed by atoms with Crippen LogP contribution in [0.2, 0.25) is 16.6 Å². The maximum atomic E-state index is 15.7. The van der Waals surface area contributed by atoms with Crippen molar-refractivity contribution in [3.63, 3.8) is 0 Å². The van der Waals surface area contributed by atoms with Crippen molar-refractivity contribution in [2.75, 3.05) is 19.1 Å². The van der Waals surface area contributed by atoms with Gasteiger partial charge in [-0.2, -0.15) is 26.6 Å². The summed E-state index contributed by atoms with van der Waals surface area (Å²) < 4.78 is 97.3. The van der Waals surface area contributed by atoms with E-state index in [-0.39, 0.29) is 51.9 Å². The predicted octanol–water partition coefficient (Wildman–Crippen LogP) is 9.40. The third-order valence-corrected chi connectivity index (χ3v) is 16.3. The molecule has 0 unspecified atom stereocenters. The van der Waals surface area contributed by atoms with Gasteiger partial charge in [0.05, 0.1) is 25.2 Å². The average Bonchev–Trinajstić information content (AvgIpc) is 3.05. The number of halogens is 4. The molecule has 3 aromatic carbocycles. The van der Waals surface area contributed by atoms with E-state index >= 15 is 4.39 Å². The fourth-order valence-electron chi connectivity index (χ4n) is 6.50. The minimum absolute atomic E-state index is 0.0947. The Labute approximate surface area is 292 Å². The largest absolute Gasteiger partial charge is 0.534 e. The molecule has 1 aromatic heterocycles. The van der Waals surface area contributed by atoms with E-state index < -0.39 is 35.4 Å². The van der Waals surface area contributed by atoms with E-state index in [0.717, 1.165) is 11.1 Å². The Morgan fingerprint density at radius 3 is 1.70 bits per heavy atom. The van der Waals surface area contributed by atoms with Crippen LogP contribution in [0.25, 0.3) is 10.8 Å². The molecule has 0 aliphatic carbocycles.